The van der Waals surface area contributed by atoms with Gasteiger partial charge in [-0.25, -0.2) is 0 Å². The van der Waals surface area contributed by atoms with Crippen molar-refractivity contribution in [3.05, 3.63) is 22.8 Å². The Hall–Kier alpha value is -1.24. The van der Waals surface area contributed by atoms with Crippen molar-refractivity contribution in [3.8, 4) is 0 Å². The van der Waals surface area contributed by atoms with E-state index in [1.165, 1.54) is 0 Å². The Labute approximate surface area is 375 Å². The van der Waals surface area contributed by atoms with Gasteiger partial charge in [0.15, 0.2) is 18.9 Å². The summed E-state index contributed by atoms with van der Waals surface area (Å²) >= 11 is 0. The van der Waals surface area contributed by atoms with Crippen LogP contribution in [-0.2, 0) is 28.4 Å². The molecule has 18 heteroatoms. The van der Waals surface area contributed by atoms with Gasteiger partial charge in [0, 0.05) is 11.8 Å². The number of hydrogen-bond donors (Lipinski definition) is 12. The van der Waals surface area contributed by atoms with Gasteiger partial charge in [-0.2, -0.15) is 0 Å². The molecule has 12 N–H and O–H groups in total. The van der Waals surface area contributed by atoms with Crippen LogP contribution < -0.4 is 0 Å². The number of fused-ring (bicyclic) bond motifs is 5. The first-order chi connectivity index (χ1) is 30.2. The second-order valence-electron chi connectivity index (χ2n) is 20.8. The summed E-state index contributed by atoms with van der Waals surface area (Å²) in [6.45, 7) is 11.2. The Morgan fingerprint density at radius 3 is 1.88 bits per heavy atom. The molecule has 25 atom stereocenters. The largest absolute Gasteiger partial charge is 0.394 e. The minimum atomic E-state index is -1.70. The van der Waals surface area contributed by atoms with E-state index in [9.17, 15) is 61.3 Å². The highest BCUT2D eigenvalue weighted by Gasteiger charge is 2.62. The molecular weight excluding hydrogens is 840 g/mol. The van der Waals surface area contributed by atoms with Gasteiger partial charge >= 0.3 is 0 Å². The van der Waals surface area contributed by atoms with Gasteiger partial charge in [-0.15, -0.1) is 0 Å². The van der Waals surface area contributed by atoms with Gasteiger partial charge in [-0.3, -0.25) is 0 Å². The molecule has 4 aliphatic carbocycles. The zero-order valence-electron chi connectivity index (χ0n) is 38.0. The molecule has 7 rings (SSSR count). The minimum absolute atomic E-state index is 0.0209. The lowest BCUT2D eigenvalue weighted by molar-refractivity contribution is -0.337. The monoisotopic (exact) mass is 917 g/mol. The molecule has 368 valence electrons. The standard InChI is InChI=1S/C46H76O18/c1-19(2)20(3)13-28(61-44-41(58)37(54)34(51)30(17-48)63-44)21(4)25-9-10-26-24-8-7-22-14-23(15-32(49)46(22,6)27(24)11-12-45(25,26)5)60-43-40(57)38(55)35(52)31(64-43)18-59-42-39(56)36(53)33(50)29(16-47)62-42/h7,21,23-44,47-58H,8-18H2,1-6H3. The van der Waals surface area contributed by atoms with Gasteiger partial charge in [0.1, 0.15) is 73.2 Å². The van der Waals surface area contributed by atoms with E-state index in [1.54, 1.807) is 0 Å². The van der Waals surface area contributed by atoms with Gasteiger partial charge in [-0.1, -0.05) is 43.6 Å². The lowest BCUT2D eigenvalue weighted by atomic mass is 9.46. The van der Waals surface area contributed by atoms with Gasteiger partial charge in [0.2, 0.25) is 0 Å². The molecule has 3 saturated carbocycles. The van der Waals surface area contributed by atoms with Crippen molar-refractivity contribution < 1.29 is 89.7 Å². The lowest BCUT2D eigenvalue weighted by Crippen LogP contribution is -2.62. The SMILES string of the molecule is CC(C)=C(C)CC(OC1OC(CO)C(O)C(O)C1O)C(C)C1CCC2C3CC=C4CC(OC5OC(COC6OC(CO)C(O)C(O)C6O)C(O)C(O)C5O)CC(O)C4(C)C3CCC12C. The van der Waals surface area contributed by atoms with Crippen LogP contribution in [0, 0.1) is 40.4 Å². The maximum atomic E-state index is 12.1. The molecule has 18 nitrogen and oxygen atoms in total. The van der Waals surface area contributed by atoms with Crippen molar-refractivity contribution >= 4 is 0 Å². The maximum Gasteiger partial charge on any atom is 0.186 e. The minimum Gasteiger partial charge on any atom is -0.394 e. The smallest absolute Gasteiger partial charge is 0.186 e. The van der Waals surface area contributed by atoms with Gasteiger partial charge < -0.3 is 89.7 Å². The Morgan fingerprint density at radius 1 is 0.703 bits per heavy atom. The predicted molar refractivity (Wildman–Crippen MR) is 224 cm³/mol. The van der Waals surface area contributed by atoms with E-state index in [0.29, 0.717) is 24.7 Å². The van der Waals surface area contributed by atoms with Crippen LogP contribution in [0.1, 0.15) is 92.9 Å². The summed E-state index contributed by atoms with van der Waals surface area (Å²) in [4.78, 5) is 0. The van der Waals surface area contributed by atoms with E-state index in [4.69, 9.17) is 28.4 Å². The number of aliphatic hydroxyl groups excluding tert-OH is 12. The molecule has 3 saturated heterocycles. The zero-order chi connectivity index (χ0) is 46.7. The Bertz CT molecular complexity index is 1640. The van der Waals surface area contributed by atoms with Crippen molar-refractivity contribution in [2.45, 2.75) is 203 Å². The van der Waals surface area contributed by atoms with Crippen LogP contribution in [0.5, 0.6) is 0 Å². The van der Waals surface area contributed by atoms with Crippen molar-refractivity contribution in [1.29, 1.82) is 0 Å². The van der Waals surface area contributed by atoms with Crippen molar-refractivity contribution in [3.63, 3.8) is 0 Å². The van der Waals surface area contributed by atoms with Crippen LogP contribution in [0.2, 0.25) is 0 Å². The van der Waals surface area contributed by atoms with E-state index in [2.05, 4.69) is 33.8 Å². The van der Waals surface area contributed by atoms with E-state index in [1.807, 2.05) is 13.8 Å². The first kappa shape index (κ1) is 50.6. The summed E-state index contributed by atoms with van der Waals surface area (Å²) in [5.41, 5.74) is 2.79. The fourth-order valence-electron chi connectivity index (χ4n) is 12.9. The Balaban J connectivity index is 1.02. The lowest BCUT2D eigenvalue weighted by Gasteiger charge is -2.60. The molecule has 3 aliphatic heterocycles. The molecule has 0 spiro atoms. The van der Waals surface area contributed by atoms with Crippen molar-refractivity contribution in [1.82, 2.24) is 0 Å². The normalized spacial score (nSPS) is 50.4. The van der Waals surface area contributed by atoms with Crippen molar-refractivity contribution in [2.75, 3.05) is 19.8 Å². The molecule has 0 amide bonds. The third-order valence-corrected chi connectivity index (χ3v) is 17.2. The number of aliphatic hydroxyl groups is 12. The quantitative estimate of drug-likeness (QED) is 0.0999. The Morgan fingerprint density at radius 2 is 1.27 bits per heavy atom. The van der Waals surface area contributed by atoms with Gasteiger partial charge in [-0.05, 0) is 101 Å². The average molecular weight is 917 g/mol. The van der Waals surface area contributed by atoms with Crippen LogP contribution in [0.3, 0.4) is 0 Å². The van der Waals surface area contributed by atoms with E-state index >= 15 is 0 Å². The molecule has 3 heterocycles. The van der Waals surface area contributed by atoms with E-state index in [-0.39, 0.29) is 35.7 Å². The van der Waals surface area contributed by atoms with Crippen LogP contribution in [0.4, 0.5) is 0 Å². The van der Waals surface area contributed by atoms with Gasteiger partial charge in [0.25, 0.3) is 0 Å². The molecule has 0 bridgehead atoms. The summed E-state index contributed by atoms with van der Waals surface area (Å²) in [5.74, 6) is 1.15. The summed E-state index contributed by atoms with van der Waals surface area (Å²) in [7, 11) is 0. The molecule has 25 unspecified atom stereocenters. The van der Waals surface area contributed by atoms with E-state index in [0.717, 1.165) is 48.8 Å². The second kappa shape index (κ2) is 20.0. The Kier molecular flexibility index (Phi) is 15.8. The molecule has 6 fully saturated rings. The molecular formula is C46H76O18. The highest BCUT2D eigenvalue weighted by molar-refractivity contribution is 5.28. The molecule has 7 aliphatic rings. The first-order valence-corrected chi connectivity index (χ1v) is 23.4. The summed E-state index contributed by atoms with van der Waals surface area (Å²) < 4.78 is 35.6. The summed E-state index contributed by atoms with van der Waals surface area (Å²) in [6.07, 6.45) is -15.8. The van der Waals surface area contributed by atoms with Crippen LogP contribution in [-0.4, -0.2) is 192 Å². The average Bonchev–Trinajstić information content (AvgIpc) is 3.63. The van der Waals surface area contributed by atoms with Crippen molar-refractivity contribution in [2.24, 2.45) is 40.4 Å². The zero-order valence-corrected chi connectivity index (χ0v) is 38.0. The molecule has 0 aromatic carbocycles. The molecule has 0 radical (unpaired) electrons. The fourth-order valence-corrected chi connectivity index (χ4v) is 12.9. The van der Waals surface area contributed by atoms with Crippen LogP contribution in [0.25, 0.3) is 0 Å². The molecule has 0 aromatic rings. The van der Waals surface area contributed by atoms with Crippen LogP contribution >= 0.6 is 0 Å². The predicted octanol–water partition coefficient (Wildman–Crippen LogP) is -0.887. The van der Waals surface area contributed by atoms with E-state index < -0.39 is 130 Å². The molecule has 0 aromatic heterocycles. The molecule has 64 heavy (non-hydrogen) atoms. The maximum absolute atomic E-state index is 12.1. The number of rotatable bonds is 13. The number of hydrogen-bond acceptors (Lipinski definition) is 18. The number of allylic oxidation sites excluding steroid dienone is 2. The second-order valence-corrected chi connectivity index (χ2v) is 20.8. The number of ether oxygens (including phenoxy) is 6. The van der Waals surface area contributed by atoms with Crippen LogP contribution in [0.15, 0.2) is 22.8 Å². The topological polar surface area (TPSA) is 298 Å². The third-order valence-electron chi connectivity index (χ3n) is 17.2. The third kappa shape index (κ3) is 9.18. The fraction of sp³-hybridized carbons (Fsp3) is 0.913. The summed E-state index contributed by atoms with van der Waals surface area (Å²) in [6, 6.07) is 0. The summed E-state index contributed by atoms with van der Waals surface area (Å²) in [5, 5.41) is 127. The van der Waals surface area contributed by atoms with Gasteiger partial charge in [0.05, 0.1) is 38.1 Å². The first-order valence-electron chi connectivity index (χ1n) is 23.4. The highest BCUT2D eigenvalue weighted by Crippen LogP contribution is 2.67. The highest BCUT2D eigenvalue weighted by atomic mass is 16.7.